The number of hydrogen-bond donors (Lipinski definition) is 1. The largest absolute Gasteiger partial charge is 0.481 e. The van der Waals surface area contributed by atoms with E-state index in [1.54, 1.807) is 10.2 Å². The smallest absolute Gasteiger partial charge is 0.305 e. The van der Waals surface area contributed by atoms with E-state index in [0.29, 0.717) is 12.2 Å². The molecule has 2 rings (SSSR count). The lowest BCUT2D eigenvalue weighted by Gasteiger charge is -2.13. The topological polar surface area (TPSA) is 93.8 Å². The van der Waals surface area contributed by atoms with Gasteiger partial charge in [-0.3, -0.25) is 4.79 Å². The number of tetrazole rings is 1. The second kappa shape index (κ2) is 5.21. The molecule has 2 aromatic rings. The van der Waals surface area contributed by atoms with Crippen LogP contribution in [0.3, 0.4) is 0 Å². The fourth-order valence-electron chi connectivity index (χ4n) is 1.71. The van der Waals surface area contributed by atoms with Crippen molar-refractivity contribution in [2.24, 2.45) is 0 Å². The van der Waals surface area contributed by atoms with Crippen molar-refractivity contribution in [3.8, 4) is 10.7 Å². The fraction of sp³-hybridized carbons (Fsp3) is 0.500. The highest BCUT2D eigenvalue weighted by molar-refractivity contribution is 7.13. The summed E-state index contributed by atoms with van der Waals surface area (Å²) in [5.74, 6) is -0.271. The van der Waals surface area contributed by atoms with E-state index < -0.39 is 5.97 Å². The van der Waals surface area contributed by atoms with Gasteiger partial charge in [0.05, 0.1) is 28.5 Å². The van der Waals surface area contributed by atoms with E-state index in [1.165, 1.54) is 11.3 Å². The molecule has 0 saturated carbocycles. The Morgan fingerprint density at radius 3 is 2.94 bits per heavy atom. The van der Waals surface area contributed by atoms with Gasteiger partial charge in [-0.1, -0.05) is 6.92 Å². The quantitative estimate of drug-likeness (QED) is 0.882. The zero-order valence-corrected chi connectivity index (χ0v) is 10.9. The van der Waals surface area contributed by atoms with Crippen molar-refractivity contribution in [3.63, 3.8) is 0 Å². The number of carboxylic acids is 1. The molecule has 2 heterocycles. The molecule has 7 nitrogen and oxygen atoms in total. The third-order valence-electron chi connectivity index (χ3n) is 2.67. The summed E-state index contributed by atoms with van der Waals surface area (Å²) in [6.45, 7) is 3.79. The first kappa shape index (κ1) is 12.6. The minimum absolute atomic E-state index is 0.00634. The minimum Gasteiger partial charge on any atom is -0.481 e. The van der Waals surface area contributed by atoms with Crippen molar-refractivity contribution >= 4 is 17.3 Å². The van der Waals surface area contributed by atoms with E-state index in [2.05, 4.69) is 20.5 Å². The zero-order chi connectivity index (χ0) is 13.1. The number of thiazole rings is 1. The van der Waals surface area contributed by atoms with Crippen LogP contribution >= 0.6 is 11.3 Å². The van der Waals surface area contributed by atoms with Gasteiger partial charge >= 0.3 is 5.97 Å². The Hall–Kier alpha value is -1.83. The molecule has 1 N–H and O–H groups in total. The number of hydrogen-bond acceptors (Lipinski definition) is 6. The number of aromatic nitrogens is 5. The molecule has 0 amide bonds. The highest BCUT2D eigenvalue weighted by atomic mass is 32.1. The molecule has 18 heavy (non-hydrogen) atoms. The van der Waals surface area contributed by atoms with E-state index in [-0.39, 0.29) is 12.5 Å². The Balaban J connectivity index is 2.38. The molecule has 8 heteroatoms. The van der Waals surface area contributed by atoms with Gasteiger partial charge in [0.1, 0.15) is 0 Å². The fourth-order valence-corrected chi connectivity index (χ4v) is 2.49. The van der Waals surface area contributed by atoms with Gasteiger partial charge in [0.25, 0.3) is 0 Å². The summed E-state index contributed by atoms with van der Waals surface area (Å²) in [6, 6.07) is -0.242. The predicted molar refractivity (Wildman–Crippen MR) is 65.2 cm³/mol. The van der Waals surface area contributed by atoms with Crippen molar-refractivity contribution < 1.29 is 9.90 Å². The molecule has 0 fully saturated rings. The first-order valence-corrected chi connectivity index (χ1v) is 6.41. The molecular weight excluding hydrogens is 254 g/mol. The molecule has 0 saturated heterocycles. The molecule has 1 atom stereocenters. The number of carboxylic acid groups (broad SMARTS) is 1. The Morgan fingerprint density at radius 1 is 1.61 bits per heavy atom. The molecule has 0 aromatic carbocycles. The minimum atomic E-state index is -0.857. The van der Waals surface area contributed by atoms with Crippen LogP contribution in [0.4, 0.5) is 0 Å². The average molecular weight is 267 g/mol. The van der Waals surface area contributed by atoms with Gasteiger partial charge in [0, 0.05) is 0 Å². The number of aliphatic carboxylic acids is 1. The molecular formula is C10H13N5O2S. The van der Waals surface area contributed by atoms with Gasteiger partial charge in [-0.25, -0.2) is 9.67 Å². The first-order chi connectivity index (χ1) is 8.63. The second-order valence-corrected chi connectivity index (χ2v) is 4.73. The van der Waals surface area contributed by atoms with E-state index in [9.17, 15) is 4.79 Å². The molecule has 0 aliphatic carbocycles. The van der Waals surface area contributed by atoms with Crippen LogP contribution in [0, 0.1) is 6.92 Å². The van der Waals surface area contributed by atoms with Crippen LogP contribution < -0.4 is 0 Å². The predicted octanol–water partition coefficient (Wildman–Crippen LogP) is 1.53. The summed E-state index contributed by atoms with van der Waals surface area (Å²) in [4.78, 5) is 15.9. The SMILES string of the molecule is CCC(CC(=O)O)n1nnnc1-c1scnc1C. The molecule has 0 aliphatic heterocycles. The van der Waals surface area contributed by atoms with Gasteiger partial charge in [0.2, 0.25) is 0 Å². The second-order valence-electron chi connectivity index (χ2n) is 3.87. The van der Waals surface area contributed by atoms with Gasteiger partial charge in [-0.15, -0.1) is 16.4 Å². The summed E-state index contributed by atoms with van der Waals surface area (Å²) >= 11 is 1.45. The van der Waals surface area contributed by atoms with E-state index in [4.69, 9.17) is 5.11 Å². The third-order valence-corrected chi connectivity index (χ3v) is 3.59. The lowest BCUT2D eigenvalue weighted by Crippen LogP contribution is -2.15. The molecule has 0 radical (unpaired) electrons. The highest BCUT2D eigenvalue weighted by Gasteiger charge is 2.21. The van der Waals surface area contributed by atoms with Crippen LogP contribution in [0.1, 0.15) is 31.5 Å². The molecule has 0 aliphatic rings. The van der Waals surface area contributed by atoms with Crippen LogP contribution in [-0.2, 0) is 4.79 Å². The lowest BCUT2D eigenvalue weighted by molar-refractivity contribution is -0.138. The van der Waals surface area contributed by atoms with Crippen LogP contribution in [0.2, 0.25) is 0 Å². The van der Waals surface area contributed by atoms with Crippen molar-refractivity contribution in [1.29, 1.82) is 0 Å². The number of rotatable bonds is 5. The first-order valence-electron chi connectivity index (χ1n) is 5.53. The van der Waals surface area contributed by atoms with E-state index >= 15 is 0 Å². The standard InChI is InChI=1S/C10H13N5O2S/c1-3-7(4-8(16)17)15-10(12-13-14-15)9-6(2)11-5-18-9/h5,7H,3-4H2,1-2H3,(H,16,17). The van der Waals surface area contributed by atoms with Gasteiger partial charge in [0.15, 0.2) is 5.82 Å². The summed E-state index contributed by atoms with van der Waals surface area (Å²) in [5.41, 5.74) is 2.57. The van der Waals surface area contributed by atoms with Crippen LogP contribution in [0.15, 0.2) is 5.51 Å². The van der Waals surface area contributed by atoms with Crippen molar-refractivity contribution in [2.75, 3.05) is 0 Å². The molecule has 0 spiro atoms. The molecule has 2 aromatic heterocycles. The van der Waals surface area contributed by atoms with Crippen molar-refractivity contribution in [3.05, 3.63) is 11.2 Å². The monoisotopic (exact) mass is 267 g/mol. The summed E-state index contributed by atoms with van der Waals surface area (Å²) in [5, 5.41) is 20.4. The third kappa shape index (κ3) is 2.37. The van der Waals surface area contributed by atoms with Crippen LogP contribution in [0.5, 0.6) is 0 Å². The maximum Gasteiger partial charge on any atom is 0.305 e. The highest BCUT2D eigenvalue weighted by Crippen LogP contribution is 2.28. The van der Waals surface area contributed by atoms with Gasteiger partial charge in [-0.2, -0.15) is 0 Å². The number of nitrogens with zero attached hydrogens (tertiary/aromatic N) is 5. The van der Waals surface area contributed by atoms with Crippen molar-refractivity contribution in [2.45, 2.75) is 32.7 Å². The maximum absolute atomic E-state index is 10.8. The van der Waals surface area contributed by atoms with Crippen LogP contribution in [-0.4, -0.2) is 36.3 Å². The molecule has 1 unspecified atom stereocenters. The normalized spacial score (nSPS) is 12.6. The summed E-state index contributed by atoms with van der Waals surface area (Å²) in [7, 11) is 0. The van der Waals surface area contributed by atoms with E-state index in [1.807, 2.05) is 13.8 Å². The molecule has 96 valence electrons. The Morgan fingerprint density at radius 2 is 2.39 bits per heavy atom. The summed E-state index contributed by atoms with van der Waals surface area (Å²) < 4.78 is 1.58. The Labute approximate surface area is 107 Å². The van der Waals surface area contributed by atoms with Gasteiger partial charge in [-0.05, 0) is 23.8 Å². The van der Waals surface area contributed by atoms with Gasteiger partial charge < -0.3 is 5.11 Å². The Kier molecular flexibility index (Phi) is 3.66. The summed E-state index contributed by atoms with van der Waals surface area (Å²) in [6.07, 6.45) is 0.661. The Bertz CT molecular complexity index is 550. The number of carbonyl (C=O) groups is 1. The van der Waals surface area contributed by atoms with Crippen molar-refractivity contribution in [1.82, 2.24) is 25.2 Å². The van der Waals surface area contributed by atoms with E-state index in [0.717, 1.165) is 10.6 Å². The van der Waals surface area contributed by atoms with Crippen LogP contribution in [0.25, 0.3) is 10.7 Å². The lowest BCUT2D eigenvalue weighted by atomic mass is 10.1. The maximum atomic E-state index is 10.8. The number of aryl methyl sites for hydroxylation is 1. The molecule has 0 bridgehead atoms. The average Bonchev–Trinajstić information content (AvgIpc) is 2.93. The zero-order valence-electron chi connectivity index (χ0n) is 10.1.